The molecule has 33 heavy (non-hydrogen) atoms. The van der Waals surface area contributed by atoms with Crippen LogP contribution in [0, 0.1) is 0 Å². The van der Waals surface area contributed by atoms with E-state index in [1.807, 2.05) is 49.4 Å². The first-order valence-corrected chi connectivity index (χ1v) is 11.8. The van der Waals surface area contributed by atoms with Crippen molar-refractivity contribution in [1.82, 2.24) is 10.2 Å². The van der Waals surface area contributed by atoms with Gasteiger partial charge in [0.2, 0.25) is 11.8 Å². The van der Waals surface area contributed by atoms with Gasteiger partial charge in [-0.15, -0.1) is 0 Å². The molecule has 0 aliphatic rings. The molecular weight excluding hydrogens is 479 g/mol. The molecule has 0 heterocycles. The molecule has 0 aliphatic heterocycles. The van der Waals surface area contributed by atoms with E-state index in [-0.39, 0.29) is 24.8 Å². The summed E-state index contributed by atoms with van der Waals surface area (Å²) in [6.45, 7) is 2.39. The highest BCUT2D eigenvalue weighted by Gasteiger charge is 2.31. The summed E-state index contributed by atoms with van der Waals surface area (Å²) < 4.78 is 0. The number of benzene rings is 3. The molecular formula is C26H25Cl3N2O2. The summed E-state index contributed by atoms with van der Waals surface area (Å²) >= 11 is 19.2. The molecule has 0 fully saturated rings. The molecule has 3 rings (SSSR count). The molecule has 3 aromatic carbocycles. The van der Waals surface area contributed by atoms with Crippen molar-refractivity contribution in [2.24, 2.45) is 0 Å². The van der Waals surface area contributed by atoms with E-state index in [0.717, 1.165) is 5.56 Å². The van der Waals surface area contributed by atoms with Crippen LogP contribution in [0.25, 0.3) is 0 Å². The molecule has 7 heteroatoms. The quantitative estimate of drug-likeness (QED) is 0.391. The Kier molecular flexibility index (Phi) is 9.19. The minimum Gasteiger partial charge on any atom is -0.355 e. The molecule has 2 amide bonds. The van der Waals surface area contributed by atoms with E-state index in [4.69, 9.17) is 34.8 Å². The fraction of sp³-hybridized carbons (Fsp3) is 0.231. The monoisotopic (exact) mass is 502 g/mol. The van der Waals surface area contributed by atoms with Gasteiger partial charge in [0.25, 0.3) is 0 Å². The minimum absolute atomic E-state index is 0.0481. The van der Waals surface area contributed by atoms with Gasteiger partial charge in [-0.1, -0.05) is 89.4 Å². The smallest absolute Gasteiger partial charge is 0.243 e. The van der Waals surface area contributed by atoms with E-state index in [0.29, 0.717) is 39.2 Å². The number of carbonyl (C=O) groups excluding carboxylic acids is 2. The first-order valence-electron chi connectivity index (χ1n) is 10.7. The molecule has 3 aromatic rings. The van der Waals surface area contributed by atoms with Crippen LogP contribution in [0.1, 0.15) is 23.6 Å². The van der Waals surface area contributed by atoms with E-state index in [1.54, 1.807) is 35.2 Å². The number of halogens is 3. The lowest BCUT2D eigenvalue weighted by Gasteiger charge is -2.32. The maximum Gasteiger partial charge on any atom is 0.243 e. The Balaban J connectivity index is 2.02. The third kappa shape index (κ3) is 6.73. The number of hydrogen-bond donors (Lipinski definition) is 1. The van der Waals surface area contributed by atoms with Gasteiger partial charge in [-0.25, -0.2) is 0 Å². The summed E-state index contributed by atoms with van der Waals surface area (Å²) in [5.74, 6) is -0.483. The van der Waals surface area contributed by atoms with Crippen LogP contribution in [0.5, 0.6) is 0 Å². The molecule has 0 saturated heterocycles. The largest absolute Gasteiger partial charge is 0.355 e. The molecule has 0 aliphatic carbocycles. The maximum absolute atomic E-state index is 13.6. The highest BCUT2D eigenvalue weighted by Crippen LogP contribution is 2.28. The molecule has 0 spiro atoms. The van der Waals surface area contributed by atoms with Crippen LogP contribution in [-0.2, 0) is 29.0 Å². The standard InChI is InChI=1S/C26H25Cl3N2O2/c1-2-30-26(33)24(15-18-9-4-3-5-10-18)31(17-20-22(28)13-8-14-23(20)29)25(32)16-19-11-6-7-12-21(19)27/h3-14,24H,2,15-17H2,1H3,(H,30,33)/t24-/m0/s1. The Morgan fingerprint density at radius 3 is 2.09 bits per heavy atom. The Bertz CT molecular complexity index is 1090. The Hall–Kier alpha value is -2.53. The van der Waals surface area contributed by atoms with E-state index >= 15 is 0 Å². The van der Waals surface area contributed by atoms with Gasteiger partial charge in [-0.3, -0.25) is 9.59 Å². The van der Waals surface area contributed by atoms with E-state index in [9.17, 15) is 9.59 Å². The van der Waals surface area contributed by atoms with Crippen LogP contribution in [0.3, 0.4) is 0 Å². The summed E-state index contributed by atoms with van der Waals surface area (Å²) in [4.78, 5) is 28.4. The van der Waals surface area contributed by atoms with Gasteiger partial charge in [0.05, 0.1) is 6.42 Å². The second-order valence-electron chi connectivity index (χ2n) is 7.59. The Labute approximate surface area is 209 Å². The zero-order valence-corrected chi connectivity index (χ0v) is 20.5. The number of nitrogens with zero attached hydrogens (tertiary/aromatic N) is 1. The minimum atomic E-state index is -0.755. The predicted molar refractivity (Wildman–Crippen MR) is 135 cm³/mol. The van der Waals surface area contributed by atoms with Crippen LogP contribution in [0.2, 0.25) is 15.1 Å². The lowest BCUT2D eigenvalue weighted by atomic mass is 10.0. The molecule has 0 bridgehead atoms. The first-order chi connectivity index (χ1) is 15.9. The van der Waals surface area contributed by atoms with Gasteiger partial charge >= 0.3 is 0 Å². The third-order valence-electron chi connectivity index (χ3n) is 5.31. The summed E-state index contributed by atoms with van der Waals surface area (Å²) in [5.41, 5.74) is 2.22. The molecule has 0 aromatic heterocycles. The zero-order chi connectivity index (χ0) is 23.8. The lowest BCUT2D eigenvalue weighted by molar-refractivity contribution is -0.140. The van der Waals surface area contributed by atoms with E-state index in [2.05, 4.69) is 5.32 Å². The molecule has 0 unspecified atom stereocenters. The van der Waals surface area contributed by atoms with Gasteiger partial charge in [0.1, 0.15) is 6.04 Å². The second kappa shape index (κ2) is 12.1. The predicted octanol–water partition coefficient (Wildman–Crippen LogP) is 5.97. The highest BCUT2D eigenvalue weighted by molar-refractivity contribution is 6.36. The summed E-state index contributed by atoms with van der Waals surface area (Å²) in [6.07, 6.45) is 0.398. The van der Waals surface area contributed by atoms with Crippen molar-refractivity contribution in [2.75, 3.05) is 6.54 Å². The number of nitrogens with one attached hydrogen (secondary N) is 1. The Morgan fingerprint density at radius 1 is 0.848 bits per heavy atom. The number of amides is 2. The van der Waals surface area contributed by atoms with Crippen molar-refractivity contribution < 1.29 is 9.59 Å². The van der Waals surface area contributed by atoms with E-state index < -0.39 is 6.04 Å². The molecule has 4 nitrogen and oxygen atoms in total. The molecule has 0 radical (unpaired) electrons. The molecule has 172 valence electrons. The van der Waals surface area contributed by atoms with Gasteiger partial charge in [0.15, 0.2) is 0 Å². The van der Waals surface area contributed by atoms with Crippen molar-refractivity contribution in [1.29, 1.82) is 0 Å². The molecule has 1 N–H and O–H groups in total. The third-order valence-corrected chi connectivity index (χ3v) is 6.39. The molecule has 0 saturated carbocycles. The van der Waals surface area contributed by atoms with Gasteiger partial charge in [0, 0.05) is 40.1 Å². The van der Waals surface area contributed by atoms with Gasteiger partial charge in [-0.2, -0.15) is 0 Å². The van der Waals surface area contributed by atoms with Crippen LogP contribution in [0.15, 0.2) is 72.8 Å². The zero-order valence-electron chi connectivity index (χ0n) is 18.2. The number of carbonyl (C=O) groups is 2. The average Bonchev–Trinajstić information content (AvgIpc) is 2.80. The topological polar surface area (TPSA) is 49.4 Å². The van der Waals surface area contributed by atoms with Gasteiger partial charge < -0.3 is 10.2 Å². The van der Waals surface area contributed by atoms with Crippen molar-refractivity contribution in [2.45, 2.75) is 32.4 Å². The highest BCUT2D eigenvalue weighted by atomic mass is 35.5. The van der Waals surface area contributed by atoms with Gasteiger partial charge in [-0.05, 0) is 36.2 Å². The van der Waals surface area contributed by atoms with Crippen molar-refractivity contribution in [3.8, 4) is 0 Å². The average molecular weight is 504 g/mol. The first kappa shape index (κ1) is 25.1. The second-order valence-corrected chi connectivity index (χ2v) is 8.81. The normalized spacial score (nSPS) is 11.6. The van der Waals surface area contributed by atoms with Crippen LogP contribution >= 0.6 is 34.8 Å². The maximum atomic E-state index is 13.6. The van der Waals surface area contributed by atoms with Crippen molar-refractivity contribution in [3.63, 3.8) is 0 Å². The van der Waals surface area contributed by atoms with Crippen LogP contribution in [-0.4, -0.2) is 29.3 Å². The Morgan fingerprint density at radius 2 is 1.45 bits per heavy atom. The van der Waals surface area contributed by atoms with Crippen molar-refractivity contribution in [3.05, 3.63) is 105 Å². The van der Waals surface area contributed by atoms with Crippen molar-refractivity contribution >= 4 is 46.6 Å². The summed E-state index contributed by atoms with van der Waals surface area (Å²) in [5, 5.41) is 4.24. The lowest BCUT2D eigenvalue weighted by Crippen LogP contribution is -2.51. The SMILES string of the molecule is CCNC(=O)[C@H](Cc1ccccc1)N(Cc1c(Cl)cccc1Cl)C(=O)Cc1ccccc1Cl. The molecule has 1 atom stereocenters. The van der Waals surface area contributed by atoms with E-state index in [1.165, 1.54) is 0 Å². The summed E-state index contributed by atoms with van der Waals surface area (Å²) in [6, 6.07) is 21.2. The fourth-order valence-corrected chi connectivity index (χ4v) is 4.33. The number of rotatable bonds is 9. The van der Waals surface area contributed by atoms with Crippen LogP contribution < -0.4 is 5.32 Å². The summed E-state index contributed by atoms with van der Waals surface area (Å²) in [7, 11) is 0. The number of hydrogen-bond acceptors (Lipinski definition) is 2. The van der Waals surface area contributed by atoms with Crippen LogP contribution in [0.4, 0.5) is 0 Å². The number of likely N-dealkylation sites (N-methyl/N-ethyl adjacent to an activating group) is 1. The fourth-order valence-electron chi connectivity index (χ4n) is 3.61.